The number of halogens is 2. The van der Waals surface area contributed by atoms with Crippen LogP contribution in [-0.2, 0) is 7.05 Å². The number of hydrogen-bond acceptors (Lipinski definition) is 5. The van der Waals surface area contributed by atoms with Crippen molar-refractivity contribution in [1.82, 2.24) is 15.2 Å². The van der Waals surface area contributed by atoms with Crippen LogP contribution in [0.1, 0.15) is 23.0 Å². The van der Waals surface area contributed by atoms with E-state index in [4.69, 9.17) is 12.2 Å². The molecule has 3 rings (SSSR count). The standard InChI is InChI=1S/C20H17BrFN5O2S/c1-11(24-25-20(30)23-14-6-3-12(10-28)4-7-14)17-19(29)18(27(2)26-17)13-5-8-16(22)15(21)9-13/h3-10,29H,1-2H3,(H2,23,25,30)/b24-11+. The fourth-order valence-electron chi connectivity index (χ4n) is 2.72. The van der Waals surface area contributed by atoms with E-state index in [9.17, 15) is 14.3 Å². The predicted octanol–water partition coefficient (Wildman–Crippen LogP) is 4.22. The van der Waals surface area contributed by atoms with Gasteiger partial charge in [-0.05, 0) is 77.5 Å². The lowest BCUT2D eigenvalue weighted by atomic mass is 10.1. The van der Waals surface area contributed by atoms with E-state index < -0.39 is 5.82 Å². The molecule has 1 aromatic heterocycles. The number of nitrogens with one attached hydrogen (secondary N) is 2. The molecule has 0 aliphatic heterocycles. The first-order valence-electron chi connectivity index (χ1n) is 8.68. The van der Waals surface area contributed by atoms with Crippen molar-refractivity contribution in [2.24, 2.45) is 12.1 Å². The largest absolute Gasteiger partial charge is 0.504 e. The number of carbonyl (C=O) groups is 1. The van der Waals surface area contributed by atoms with Gasteiger partial charge >= 0.3 is 0 Å². The average Bonchev–Trinajstić information content (AvgIpc) is 3.03. The molecule has 7 nitrogen and oxygen atoms in total. The highest BCUT2D eigenvalue weighted by Crippen LogP contribution is 2.34. The summed E-state index contributed by atoms with van der Waals surface area (Å²) in [5.74, 6) is -0.480. The minimum atomic E-state index is -0.399. The number of rotatable bonds is 5. The van der Waals surface area contributed by atoms with Gasteiger partial charge in [-0.15, -0.1) is 0 Å². The van der Waals surface area contributed by atoms with Gasteiger partial charge in [0.1, 0.15) is 17.8 Å². The van der Waals surface area contributed by atoms with Crippen LogP contribution in [0.3, 0.4) is 0 Å². The summed E-state index contributed by atoms with van der Waals surface area (Å²) >= 11 is 8.35. The fraction of sp³-hybridized carbons (Fsp3) is 0.100. The lowest BCUT2D eigenvalue weighted by Gasteiger charge is -2.07. The Hall–Kier alpha value is -3.11. The van der Waals surface area contributed by atoms with Crippen LogP contribution in [0.2, 0.25) is 0 Å². The zero-order chi connectivity index (χ0) is 21.8. The first-order valence-corrected chi connectivity index (χ1v) is 9.88. The van der Waals surface area contributed by atoms with Crippen LogP contribution in [0.4, 0.5) is 10.1 Å². The number of aromatic hydroxyl groups is 1. The number of aryl methyl sites for hydroxylation is 1. The molecular formula is C20H17BrFN5O2S. The monoisotopic (exact) mass is 489 g/mol. The first-order chi connectivity index (χ1) is 14.3. The summed E-state index contributed by atoms with van der Waals surface area (Å²) in [6, 6.07) is 11.2. The third-order valence-corrected chi connectivity index (χ3v) is 4.99. The van der Waals surface area contributed by atoms with Crippen LogP contribution in [-0.4, -0.2) is 32.0 Å². The predicted molar refractivity (Wildman–Crippen MR) is 121 cm³/mol. The Labute approximate surface area is 185 Å². The van der Waals surface area contributed by atoms with Crippen molar-refractivity contribution >= 4 is 50.9 Å². The molecular weight excluding hydrogens is 473 g/mol. The second-order valence-corrected chi connectivity index (χ2v) is 7.56. The van der Waals surface area contributed by atoms with Gasteiger partial charge in [-0.2, -0.15) is 10.2 Å². The zero-order valence-electron chi connectivity index (χ0n) is 16.0. The molecule has 10 heteroatoms. The summed E-state index contributed by atoms with van der Waals surface area (Å²) in [6.45, 7) is 1.67. The average molecular weight is 490 g/mol. The fourth-order valence-corrected chi connectivity index (χ4v) is 3.26. The highest BCUT2D eigenvalue weighted by molar-refractivity contribution is 9.10. The van der Waals surface area contributed by atoms with Gasteiger partial charge in [0.2, 0.25) is 0 Å². The SMILES string of the molecule is C/C(=N\NC(=S)Nc1ccc(C=O)cc1)c1nn(C)c(-c2ccc(F)c(Br)c2)c1O. The smallest absolute Gasteiger partial charge is 0.191 e. The van der Waals surface area contributed by atoms with Crippen LogP contribution in [0.15, 0.2) is 52.0 Å². The van der Waals surface area contributed by atoms with Crippen molar-refractivity contribution in [3.8, 4) is 17.0 Å². The number of nitrogens with zero attached hydrogens (tertiary/aromatic N) is 3. The number of aldehydes is 1. The van der Waals surface area contributed by atoms with E-state index in [1.807, 2.05) is 0 Å². The van der Waals surface area contributed by atoms with E-state index in [0.29, 0.717) is 28.2 Å². The lowest BCUT2D eigenvalue weighted by Crippen LogP contribution is -2.25. The van der Waals surface area contributed by atoms with Crippen molar-refractivity contribution in [1.29, 1.82) is 0 Å². The molecule has 0 bridgehead atoms. The van der Waals surface area contributed by atoms with Crippen LogP contribution in [0.25, 0.3) is 11.3 Å². The number of aromatic nitrogens is 2. The summed E-state index contributed by atoms with van der Waals surface area (Å²) in [5.41, 5.74) is 5.63. The minimum absolute atomic E-state index is 0.0811. The summed E-state index contributed by atoms with van der Waals surface area (Å²) < 4.78 is 15.3. The topological polar surface area (TPSA) is 91.5 Å². The maximum Gasteiger partial charge on any atom is 0.191 e. The Morgan fingerprint density at radius 1 is 1.30 bits per heavy atom. The highest BCUT2D eigenvalue weighted by atomic mass is 79.9. The molecule has 3 aromatic rings. The van der Waals surface area contributed by atoms with E-state index in [1.54, 1.807) is 50.4 Å². The molecule has 0 unspecified atom stereocenters. The lowest BCUT2D eigenvalue weighted by molar-refractivity contribution is 0.112. The molecule has 0 radical (unpaired) electrons. The van der Waals surface area contributed by atoms with Gasteiger partial charge in [-0.3, -0.25) is 14.9 Å². The van der Waals surface area contributed by atoms with Crippen molar-refractivity contribution < 1.29 is 14.3 Å². The normalized spacial score (nSPS) is 11.3. The molecule has 0 atom stereocenters. The van der Waals surface area contributed by atoms with Crippen molar-refractivity contribution in [3.05, 3.63) is 64.0 Å². The molecule has 0 spiro atoms. The molecule has 3 N–H and O–H groups in total. The van der Waals surface area contributed by atoms with E-state index in [0.717, 1.165) is 6.29 Å². The summed E-state index contributed by atoms with van der Waals surface area (Å²) in [4.78, 5) is 10.7. The molecule has 0 fully saturated rings. The Bertz CT molecular complexity index is 1140. The van der Waals surface area contributed by atoms with Gasteiger partial charge in [-0.1, -0.05) is 0 Å². The Kier molecular flexibility index (Phi) is 6.58. The molecule has 0 saturated heterocycles. The second kappa shape index (κ2) is 9.14. The van der Waals surface area contributed by atoms with Crippen LogP contribution in [0.5, 0.6) is 5.75 Å². The number of thiocarbonyl (C=S) groups is 1. The van der Waals surface area contributed by atoms with Crippen molar-refractivity contribution in [2.75, 3.05) is 5.32 Å². The van der Waals surface area contributed by atoms with E-state index in [-0.39, 0.29) is 21.0 Å². The zero-order valence-corrected chi connectivity index (χ0v) is 18.4. The Morgan fingerprint density at radius 2 is 2.00 bits per heavy atom. The second-order valence-electron chi connectivity index (χ2n) is 6.30. The number of hydrogen-bond donors (Lipinski definition) is 3. The number of carbonyl (C=O) groups excluding carboxylic acids is 1. The first kappa shape index (κ1) is 21.6. The molecule has 1 heterocycles. The summed E-state index contributed by atoms with van der Waals surface area (Å²) in [7, 11) is 1.67. The van der Waals surface area contributed by atoms with Crippen molar-refractivity contribution in [2.45, 2.75) is 6.92 Å². The van der Waals surface area contributed by atoms with Gasteiger partial charge in [0.05, 0.1) is 10.2 Å². The summed E-state index contributed by atoms with van der Waals surface area (Å²) in [5, 5.41) is 22.3. The highest BCUT2D eigenvalue weighted by Gasteiger charge is 2.20. The van der Waals surface area contributed by atoms with Gasteiger partial charge in [0.25, 0.3) is 0 Å². The summed E-state index contributed by atoms with van der Waals surface area (Å²) in [6.07, 6.45) is 0.756. The van der Waals surface area contributed by atoms with Gasteiger partial charge in [0, 0.05) is 23.9 Å². The van der Waals surface area contributed by atoms with Crippen LogP contribution >= 0.6 is 28.1 Å². The molecule has 0 saturated carbocycles. The number of anilines is 1. The number of hydrazone groups is 1. The molecule has 0 aliphatic rings. The molecule has 0 aliphatic carbocycles. The van der Waals surface area contributed by atoms with E-state index in [1.165, 1.54) is 10.7 Å². The number of benzene rings is 2. The third-order valence-electron chi connectivity index (χ3n) is 4.19. The third kappa shape index (κ3) is 4.71. The molecule has 154 valence electrons. The molecule has 0 amide bonds. The molecule has 2 aromatic carbocycles. The van der Waals surface area contributed by atoms with Crippen LogP contribution < -0.4 is 10.7 Å². The quantitative estimate of drug-likeness (QED) is 0.215. The van der Waals surface area contributed by atoms with E-state index >= 15 is 0 Å². The Morgan fingerprint density at radius 3 is 2.63 bits per heavy atom. The van der Waals surface area contributed by atoms with Gasteiger partial charge in [-0.25, -0.2) is 4.39 Å². The minimum Gasteiger partial charge on any atom is -0.504 e. The van der Waals surface area contributed by atoms with Crippen molar-refractivity contribution in [3.63, 3.8) is 0 Å². The van der Waals surface area contributed by atoms with Gasteiger partial charge < -0.3 is 10.4 Å². The van der Waals surface area contributed by atoms with E-state index in [2.05, 4.69) is 36.9 Å². The maximum atomic E-state index is 13.5. The molecule has 30 heavy (non-hydrogen) atoms. The maximum absolute atomic E-state index is 13.5. The van der Waals surface area contributed by atoms with Gasteiger partial charge in [0.15, 0.2) is 16.6 Å². The Balaban J connectivity index is 1.76. The van der Waals surface area contributed by atoms with Crippen LogP contribution in [0, 0.1) is 5.82 Å².